The fraction of sp³-hybridized carbons (Fsp3) is 0.238. The minimum Gasteiger partial charge on any atom is -0.352 e. The molecule has 0 saturated heterocycles. The molecule has 1 N–H and O–H groups in total. The number of benzene rings is 2. The first-order chi connectivity index (χ1) is 12.8. The summed E-state index contributed by atoms with van der Waals surface area (Å²) in [5, 5.41) is 7.85. The summed E-state index contributed by atoms with van der Waals surface area (Å²) in [6, 6.07) is 19.0. The average molecular weight is 345 g/mol. The summed E-state index contributed by atoms with van der Waals surface area (Å²) in [7, 11) is 1.85. The van der Waals surface area contributed by atoms with Crippen LogP contribution in [0.3, 0.4) is 0 Å². The van der Waals surface area contributed by atoms with Crippen LogP contribution in [0, 0.1) is 0 Å². The van der Waals surface area contributed by atoms with E-state index in [2.05, 4.69) is 68.8 Å². The average Bonchev–Trinajstić information content (AvgIpc) is 3.34. The van der Waals surface area contributed by atoms with Gasteiger partial charge in [0.25, 0.3) is 0 Å². The van der Waals surface area contributed by atoms with Crippen molar-refractivity contribution in [3.63, 3.8) is 0 Å². The van der Waals surface area contributed by atoms with E-state index in [1.165, 1.54) is 22.4 Å². The third kappa shape index (κ3) is 3.33. The molecular weight excluding hydrogens is 322 g/mol. The fourth-order valence-electron chi connectivity index (χ4n) is 3.48. The maximum Gasteiger partial charge on any atom is 0.198 e. The monoisotopic (exact) mass is 345 g/mol. The molecule has 4 rings (SSSR count). The van der Waals surface area contributed by atoms with Crippen LogP contribution in [0.4, 0.5) is 5.69 Å². The molecule has 0 spiro atoms. The predicted octanol–water partition coefficient (Wildman–Crippen LogP) is 3.07. The highest BCUT2D eigenvalue weighted by atomic mass is 15.3. The zero-order valence-corrected chi connectivity index (χ0v) is 15.0. The summed E-state index contributed by atoms with van der Waals surface area (Å²) < 4.78 is 1.95. The minimum atomic E-state index is 0.739. The van der Waals surface area contributed by atoms with Gasteiger partial charge in [0, 0.05) is 38.2 Å². The van der Waals surface area contributed by atoms with Crippen molar-refractivity contribution in [2.45, 2.75) is 19.5 Å². The minimum absolute atomic E-state index is 0.739. The van der Waals surface area contributed by atoms with Gasteiger partial charge in [0.2, 0.25) is 0 Å². The van der Waals surface area contributed by atoms with Crippen LogP contribution in [0.25, 0.3) is 0 Å². The summed E-state index contributed by atoms with van der Waals surface area (Å²) in [6.07, 6.45) is 4.87. The van der Waals surface area contributed by atoms with Gasteiger partial charge in [-0.2, -0.15) is 5.10 Å². The number of hydrogen-bond donors (Lipinski definition) is 1. The Balaban J connectivity index is 1.49. The van der Waals surface area contributed by atoms with Crippen LogP contribution in [0.1, 0.15) is 16.7 Å². The van der Waals surface area contributed by atoms with Crippen molar-refractivity contribution in [1.29, 1.82) is 0 Å². The van der Waals surface area contributed by atoms with E-state index < -0.39 is 0 Å². The molecule has 1 aromatic heterocycles. The van der Waals surface area contributed by atoms with Gasteiger partial charge in [-0.1, -0.05) is 42.5 Å². The van der Waals surface area contributed by atoms with Crippen LogP contribution < -0.4 is 10.2 Å². The van der Waals surface area contributed by atoms with Crippen LogP contribution in [0.5, 0.6) is 0 Å². The molecule has 0 bridgehead atoms. The Morgan fingerprint density at radius 2 is 1.88 bits per heavy atom. The molecule has 0 aliphatic carbocycles. The van der Waals surface area contributed by atoms with E-state index in [9.17, 15) is 0 Å². The van der Waals surface area contributed by atoms with Gasteiger partial charge in [0.05, 0.1) is 6.54 Å². The number of nitrogens with one attached hydrogen (secondary N) is 1. The normalized spacial score (nSPS) is 13.7. The van der Waals surface area contributed by atoms with Gasteiger partial charge in [-0.05, 0) is 35.2 Å². The highest BCUT2D eigenvalue weighted by molar-refractivity contribution is 5.97. The molecule has 1 aliphatic heterocycles. The van der Waals surface area contributed by atoms with Crippen LogP contribution in [-0.4, -0.2) is 29.3 Å². The Labute approximate surface area is 154 Å². The molecule has 2 heterocycles. The third-order valence-corrected chi connectivity index (χ3v) is 4.80. The molecule has 1 aliphatic rings. The fourth-order valence-corrected chi connectivity index (χ4v) is 3.48. The van der Waals surface area contributed by atoms with E-state index in [0.717, 1.165) is 32.0 Å². The lowest BCUT2D eigenvalue weighted by atomic mass is 10.1. The van der Waals surface area contributed by atoms with Crippen molar-refractivity contribution >= 4 is 11.6 Å². The number of anilines is 1. The number of rotatable bonds is 4. The number of aliphatic imine (C=N–C) groups is 1. The van der Waals surface area contributed by atoms with E-state index >= 15 is 0 Å². The first-order valence-electron chi connectivity index (χ1n) is 8.95. The largest absolute Gasteiger partial charge is 0.352 e. The lowest BCUT2D eigenvalue weighted by Crippen LogP contribution is -2.40. The highest BCUT2D eigenvalue weighted by Gasteiger charge is 2.22. The Bertz CT molecular complexity index is 898. The number of fused-ring (bicyclic) bond motifs is 1. The van der Waals surface area contributed by atoms with Crippen LogP contribution in [-0.2, 0) is 19.5 Å². The first kappa shape index (κ1) is 16.4. The van der Waals surface area contributed by atoms with Crippen molar-refractivity contribution < 1.29 is 0 Å². The third-order valence-electron chi connectivity index (χ3n) is 4.80. The summed E-state index contributed by atoms with van der Waals surface area (Å²) in [5.74, 6) is 0.920. The molecule has 0 saturated carbocycles. The van der Waals surface area contributed by atoms with Gasteiger partial charge < -0.3 is 10.2 Å². The molecule has 5 heteroatoms. The van der Waals surface area contributed by atoms with Gasteiger partial charge in [-0.15, -0.1) is 0 Å². The SMILES string of the molecule is CN=C(NCc1ccccc1Cn1cccn1)N1CCc2ccccc21. The molecule has 132 valence electrons. The van der Waals surface area contributed by atoms with E-state index in [4.69, 9.17) is 0 Å². The lowest BCUT2D eigenvalue weighted by Gasteiger charge is -2.23. The molecule has 0 unspecified atom stereocenters. The van der Waals surface area contributed by atoms with Gasteiger partial charge in [-0.3, -0.25) is 9.67 Å². The second-order valence-corrected chi connectivity index (χ2v) is 6.40. The lowest BCUT2D eigenvalue weighted by molar-refractivity contribution is 0.678. The Hall–Kier alpha value is -3.08. The molecule has 0 radical (unpaired) electrons. The van der Waals surface area contributed by atoms with Gasteiger partial charge in [-0.25, -0.2) is 0 Å². The Morgan fingerprint density at radius 1 is 1.08 bits per heavy atom. The molecule has 3 aromatic rings. The molecule has 0 fully saturated rings. The first-order valence-corrected chi connectivity index (χ1v) is 8.95. The van der Waals surface area contributed by atoms with E-state index in [1.54, 1.807) is 0 Å². The van der Waals surface area contributed by atoms with E-state index in [1.807, 2.05) is 30.2 Å². The standard InChI is InChI=1S/C21H23N5/c1-22-21(26-14-11-17-7-4-5-10-20(17)26)23-15-18-8-2-3-9-19(18)16-25-13-6-12-24-25/h2-10,12-13H,11,14-16H2,1H3,(H,22,23). The van der Waals surface area contributed by atoms with Crippen molar-refractivity contribution in [1.82, 2.24) is 15.1 Å². The quantitative estimate of drug-likeness (QED) is 0.584. The van der Waals surface area contributed by atoms with Crippen molar-refractivity contribution in [3.05, 3.63) is 83.7 Å². The van der Waals surface area contributed by atoms with Gasteiger partial charge in [0.15, 0.2) is 5.96 Å². The summed E-state index contributed by atoms with van der Waals surface area (Å²) in [5.41, 5.74) is 5.16. The van der Waals surface area contributed by atoms with E-state index in [0.29, 0.717) is 0 Å². The van der Waals surface area contributed by atoms with Crippen molar-refractivity contribution in [2.24, 2.45) is 4.99 Å². The maximum atomic E-state index is 4.50. The molecular formula is C21H23N5. The number of nitrogens with zero attached hydrogens (tertiary/aromatic N) is 4. The second kappa shape index (κ2) is 7.44. The topological polar surface area (TPSA) is 45.5 Å². The molecule has 2 aromatic carbocycles. The maximum absolute atomic E-state index is 4.50. The molecule has 0 amide bonds. The van der Waals surface area contributed by atoms with Crippen molar-refractivity contribution in [2.75, 3.05) is 18.5 Å². The highest BCUT2D eigenvalue weighted by Crippen LogP contribution is 2.27. The molecule has 26 heavy (non-hydrogen) atoms. The van der Waals surface area contributed by atoms with Gasteiger partial charge in [0.1, 0.15) is 0 Å². The number of para-hydroxylation sites is 1. The summed E-state index contributed by atoms with van der Waals surface area (Å²) in [6.45, 7) is 2.48. The van der Waals surface area contributed by atoms with Gasteiger partial charge >= 0.3 is 0 Å². The predicted molar refractivity (Wildman–Crippen MR) is 105 cm³/mol. The Morgan fingerprint density at radius 3 is 2.69 bits per heavy atom. The van der Waals surface area contributed by atoms with E-state index in [-0.39, 0.29) is 0 Å². The zero-order chi connectivity index (χ0) is 17.8. The summed E-state index contributed by atoms with van der Waals surface area (Å²) >= 11 is 0. The summed E-state index contributed by atoms with van der Waals surface area (Å²) in [4.78, 5) is 6.77. The zero-order valence-electron chi connectivity index (χ0n) is 15.0. The second-order valence-electron chi connectivity index (χ2n) is 6.40. The molecule has 5 nitrogen and oxygen atoms in total. The van der Waals surface area contributed by atoms with Crippen LogP contribution in [0.15, 0.2) is 72.0 Å². The number of hydrogen-bond acceptors (Lipinski definition) is 2. The smallest absolute Gasteiger partial charge is 0.198 e. The molecule has 0 atom stereocenters. The van der Waals surface area contributed by atoms with Crippen LogP contribution >= 0.6 is 0 Å². The number of guanidine groups is 1. The van der Waals surface area contributed by atoms with Crippen LogP contribution in [0.2, 0.25) is 0 Å². The van der Waals surface area contributed by atoms with Crippen molar-refractivity contribution in [3.8, 4) is 0 Å². The number of aromatic nitrogens is 2. The Kier molecular flexibility index (Phi) is 4.69.